The van der Waals surface area contributed by atoms with E-state index >= 15 is 0 Å². The minimum atomic E-state index is -0.0594. The third-order valence-electron chi connectivity index (χ3n) is 4.14. The molecule has 1 saturated carbocycles. The highest BCUT2D eigenvalue weighted by atomic mass is 16.2. The average molecular weight is 244 g/mol. The summed E-state index contributed by atoms with van der Waals surface area (Å²) in [5, 5.41) is 3.42. The van der Waals surface area contributed by atoms with Crippen molar-refractivity contribution in [2.24, 2.45) is 0 Å². The SMILES string of the molecule is CC1NC(c2ccccc2)N(C2CCCC2)C1=O. The van der Waals surface area contributed by atoms with Crippen LogP contribution in [0.3, 0.4) is 0 Å². The highest BCUT2D eigenvalue weighted by Crippen LogP contribution is 2.33. The first-order valence-electron chi connectivity index (χ1n) is 6.90. The second kappa shape index (κ2) is 4.73. The van der Waals surface area contributed by atoms with Gasteiger partial charge in [0, 0.05) is 6.04 Å². The molecule has 1 N–H and O–H groups in total. The van der Waals surface area contributed by atoms with Gasteiger partial charge >= 0.3 is 0 Å². The second-order valence-corrected chi connectivity index (χ2v) is 5.39. The van der Waals surface area contributed by atoms with E-state index in [-0.39, 0.29) is 18.1 Å². The third kappa shape index (κ3) is 1.93. The van der Waals surface area contributed by atoms with E-state index in [0.29, 0.717) is 6.04 Å². The fourth-order valence-corrected chi connectivity index (χ4v) is 3.20. The molecule has 2 fully saturated rings. The molecule has 18 heavy (non-hydrogen) atoms. The first-order chi connectivity index (χ1) is 8.77. The van der Waals surface area contributed by atoms with E-state index in [2.05, 4.69) is 22.3 Å². The molecule has 0 aromatic heterocycles. The average Bonchev–Trinajstić information content (AvgIpc) is 3.00. The largest absolute Gasteiger partial charge is 0.319 e. The molecule has 3 rings (SSSR count). The summed E-state index contributed by atoms with van der Waals surface area (Å²) in [6.45, 7) is 1.97. The van der Waals surface area contributed by atoms with Crippen LogP contribution in [-0.4, -0.2) is 22.9 Å². The monoisotopic (exact) mass is 244 g/mol. The Hall–Kier alpha value is -1.35. The molecule has 1 aromatic rings. The van der Waals surface area contributed by atoms with E-state index in [1.54, 1.807) is 0 Å². The van der Waals surface area contributed by atoms with E-state index in [4.69, 9.17) is 0 Å². The normalized spacial score (nSPS) is 29.2. The predicted molar refractivity (Wildman–Crippen MR) is 70.9 cm³/mol. The van der Waals surface area contributed by atoms with Gasteiger partial charge in [-0.1, -0.05) is 43.2 Å². The van der Waals surface area contributed by atoms with Gasteiger partial charge in [-0.25, -0.2) is 0 Å². The number of nitrogens with zero attached hydrogens (tertiary/aromatic N) is 1. The molecule has 1 amide bonds. The van der Waals surface area contributed by atoms with Crippen molar-refractivity contribution in [3.63, 3.8) is 0 Å². The first kappa shape index (κ1) is 11.7. The maximum atomic E-state index is 12.3. The number of benzene rings is 1. The Labute approximate surface area is 108 Å². The van der Waals surface area contributed by atoms with E-state index in [9.17, 15) is 4.79 Å². The molecule has 3 nitrogen and oxygen atoms in total. The van der Waals surface area contributed by atoms with Crippen molar-refractivity contribution in [1.29, 1.82) is 0 Å². The highest BCUT2D eigenvalue weighted by Gasteiger charge is 2.41. The van der Waals surface area contributed by atoms with E-state index in [0.717, 1.165) is 12.8 Å². The molecule has 2 atom stereocenters. The van der Waals surface area contributed by atoms with Gasteiger partial charge in [-0.05, 0) is 25.3 Å². The van der Waals surface area contributed by atoms with Gasteiger partial charge in [0.1, 0.15) is 6.17 Å². The van der Waals surface area contributed by atoms with Crippen molar-refractivity contribution in [1.82, 2.24) is 10.2 Å². The molecule has 2 aliphatic rings. The third-order valence-corrected chi connectivity index (χ3v) is 4.14. The van der Waals surface area contributed by atoms with Crippen LogP contribution in [-0.2, 0) is 4.79 Å². The lowest BCUT2D eigenvalue weighted by molar-refractivity contribution is -0.132. The van der Waals surface area contributed by atoms with Gasteiger partial charge in [0.2, 0.25) is 5.91 Å². The summed E-state index contributed by atoms with van der Waals surface area (Å²) in [6, 6.07) is 10.7. The maximum Gasteiger partial charge on any atom is 0.241 e. The highest BCUT2D eigenvalue weighted by molar-refractivity contribution is 5.84. The second-order valence-electron chi connectivity index (χ2n) is 5.39. The molecule has 1 saturated heterocycles. The van der Waals surface area contributed by atoms with E-state index < -0.39 is 0 Å². The molecular formula is C15H20N2O. The Balaban J connectivity index is 1.89. The molecule has 0 radical (unpaired) electrons. The lowest BCUT2D eigenvalue weighted by Crippen LogP contribution is -2.38. The summed E-state index contributed by atoms with van der Waals surface area (Å²) < 4.78 is 0. The zero-order chi connectivity index (χ0) is 12.5. The number of hydrogen-bond donors (Lipinski definition) is 1. The molecular weight excluding hydrogens is 224 g/mol. The minimum absolute atomic E-state index is 0.0594. The number of hydrogen-bond acceptors (Lipinski definition) is 2. The molecule has 1 aliphatic heterocycles. The van der Waals surface area contributed by atoms with Crippen molar-refractivity contribution >= 4 is 5.91 Å². The molecule has 2 unspecified atom stereocenters. The van der Waals surface area contributed by atoms with Crippen molar-refractivity contribution in [3.8, 4) is 0 Å². The summed E-state index contributed by atoms with van der Waals surface area (Å²) in [5.41, 5.74) is 1.20. The Morgan fingerprint density at radius 2 is 1.83 bits per heavy atom. The summed E-state index contributed by atoms with van der Waals surface area (Å²) in [5.74, 6) is 0.260. The molecule has 1 heterocycles. The fourth-order valence-electron chi connectivity index (χ4n) is 3.20. The number of rotatable bonds is 2. The zero-order valence-corrected chi connectivity index (χ0v) is 10.8. The zero-order valence-electron chi connectivity index (χ0n) is 10.8. The summed E-state index contributed by atoms with van der Waals surface area (Å²) in [4.78, 5) is 14.4. The maximum absolute atomic E-state index is 12.3. The number of amides is 1. The Kier molecular flexibility index (Phi) is 3.08. The summed E-state index contributed by atoms with van der Waals surface area (Å²) >= 11 is 0. The van der Waals surface area contributed by atoms with Crippen molar-refractivity contribution in [2.45, 2.75) is 50.9 Å². The molecule has 1 aliphatic carbocycles. The lowest BCUT2D eigenvalue weighted by atomic mass is 10.1. The van der Waals surface area contributed by atoms with Crippen LogP contribution < -0.4 is 5.32 Å². The van der Waals surface area contributed by atoms with E-state index in [1.807, 2.05) is 25.1 Å². The van der Waals surface area contributed by atoms with Gasteiger partial charge in [0.25, 0.3) is 0 Å². The standard InChI is InChI=1S/C15H20N2O/c1-11-15(18)17(13-9-5-6-10-13)14(16-11)12-7-3-2-4-8-12/h2-4,7-8,11,13-14,16H,5-6,9-10H2,1H3. The van der Waals surface area contributed by atoms with Gasteiger partial charge in [0.15, 0.2) is 0 Å². The van der Waals surface area contributed by atoms with Crippen LogP contribution in [0.2, 0.25) is 0 Å². The van der Waals surface area contributed by atoms with Crippen LogP contribution in [0.4, 0.5) is 0 Å². The van der Waals surface area contributed by atoms with Gasteiger partial charge in [-0.3, -0.25) is 10.1 Å². The fraction of sp³-hybridized carbons (Fsp3) is 0.533. The molecule has 0 bridgehead atoms. The smallest absolute Gasteiger partial charge is 0.241 e. The molecule has 3 heteroatoms. The quantitative estimate of drug-likeness (QED) is 0.866. The predicted octanol–water partition coefficient (Wildman–Crippen LogP) is 2.45. The first-order valence-corrected chi connectivity index (χ1v) is 6.90. The molecule has 0 spiro atoms. The van der Waals surface area contributed by atoms with Gasteiger partial charge < -0.3 is 4.90 Å². The van der Waals surface area contributed by atoms with Gasteiger partial charge in [-0.15, -0.1) is 0 Å². The van der Waals surface area contributed by atoms with Gasteiger partial charge in [-0.2, -0.15) is 0 Å². The van der Waals surface area contributed by atoms with Gasteiger partial charge in [0.05, 0.1) is 6.04 Å². The van der Waals surface area contributed by atoms with Crippen molar-refractivity contribution in [2.75, 3.05) is 0 Å². The molecule has 1 aromatic carbocycles. The minimum Gasteiger partial charge on any atom is -0.319 e. The van der Waals surface area contributed by atoms with Crippen LogP contribution in [0.15, 0.2) is 30.3 Å². The van der Waals surface area contributed by atoms with Crippen LogP contribution in [0, 0.1) is 0 Å². The summed E-state index contributed by atoms with van der Waals surface area (Å²) in [6.07, 6.45) is 4.89. The van der Waals surface area contributed by atoms with Crippen LogP contribution in [0.5, 0.6) is 0 Å². The van der Waals surface area contributed by atoms with Crippen molar-refractivity contribution < 1.29 is 4.79 Å². The Bertz CT molecular complexity index is 425. The lowest BCUT2D eigenvalue weighted by Gasteiger charge is -2.30. The van der Waals surface area contributed by atoms with E-state index in [1.165, 1.54) is 18.4 Å². The Morgan fingerprint density at radius 3 is 2.50 bits per heavy atom. The number of carbonyl (C=O) groups is 1. The Morgan fingerprint density at radius 1 is 1.17 bits per heavy atom. The summed E-state index contributed by atoms with van der Waals surface area (Å²) in [7, 11) is 0. The van der Waals surface area contributed by atoms with Crippen molar-refractivity contribution in [3.05, 3.63) is 35.9 Å². The molecule has 96 valence electrons. The van der Waals surface area contributed by atoms with Crippen LogP contribution in [0.25, 0.3) is 0 Å². The van der Waals surface area contributed by atoms with Crippen LogP contribution in [0.1, 0.15) is 44.3 Å². The number of nitrogens with one attached hydrogen (secondary N) is 1. The topological polar surface area (TPSA) is 32.3 Å². The number of carbonyl (C=O) groups excluding carboxylic acids is 1. The van der Waals surface area contributed by atoms with Crippen LogP contribution >= 0.6 is 0 Å².